The van der Waals surface area contributed by atoms with Crippen LogP contribution >= 0.6 is 23.1 Å². The van der Waals surface area contributed by atoms with E-state index in [9.17, 15) is 8.42 Å². The summed E-state index contributed by atoms with van der Waals surface area (Å²) in [6.45, 7) is 0. The van der Waals surface area contributed by atoms with E-state index in [1.165, 1.54) is 11.1 Å². The summed E-state index contributed by atoms with van der Waals surface area (Å²) >= 11 is 3.29. The highest BCUT2D eigenvalue weighted by atomic mass is 32.2. The molecule has 4 nitrogen and oxygen atoms in total. The summed E-state index contributed by atoms with van der Waals surface area (Å²) in [5.41, 5.74) is 3.34. The molecule has 29 heavy (non-hydrogen) atoms. The number of nitrogens with zero attached hydrogens (tertiary/aromatic N) is 1. The van der Waals surface area contributed by atoms with Crippen LogP contribution in [-0.4, -0.2) is 19.4 Å². The van der Waals surface area contributed by atoms with Crippen LogP contribution in [0.5, 0.6) is 0 Å². The highest BCUT2D eigenvalue weighted by molar-refractivity contribution is 8.01. The first-order valence-corrected chi connectivity index (χ1v) is 12.5. The Bertz CT molecular complexity index is 1240. The Balaban J connectivity index is 1.48. The lowest BCUT2D eigenvalue weighted by Crippen LogP contribution is -2.36. The third-order valence-electron chi connectivity index (χ3n) is 5.03. The van der Waals surface area contributed by atoms with Crippen molar-refractivity contribution in [1.82, 2.24) is 9.71 Å². The fourth-order valence-electron chi connectivity index (χ4n) is 3.68. The van der Waals surface area contributed by atoms with Crippen molar-refractivity contribution in [3.63, 3.8) is 0 Å². The predicted octanol–water partition coefficient (Wildman–Crippen LogP) is 5.03. The van der Waals surface area contributed by atoms with Crippen LogP contribution in [-0.2, 0) is 16.4 Å². The number of aromatic nitrogens is 1. The van der Waals surface area contributed by atoms with Crippen LogP contribution in [0.1, 0.15) is 16.4 Å². The number of sulfonamides is 1. The number of nitrogens with one attached hydrogen (secondary N) is 1. The second-order valence-electron chi connectivity index (χ2n) is 6.93. The summed E-state index contributed by atoms with van der Waals surface area (Å²) in [7, 11) is -3.59. The largest absolute Gasteiger partial charge is 0.240 e. The molecule has 0 amide bonds. The van der Waals surface area contributed by atoms with E-state index in [4.69, 9.17) is 4.98 Å². The average Bonchev–Trinajstić information content (AvgIpc) is 3.29. The van der Waals surface area contributed by atoms with E-state index in [-0.39, 0.29) is 11.3 Å². The van der Waals surface area contributed by atoms with Crippen LogP contribution in [0.4, 0.5) is 0 Å². The number of thiazole rings is 1. The maximum atomic E-state index is 12.9. The molecule has 1 aromatic heterocycles. The van der Waals surface area contributed by atoms with Gasteiger partial charge in [0.25, 0.3) is 0 Å². The second-order valence-corrected chi connectivity index (χ2v) is 11.1. The minimum absolute atomic E-state index is 0.0229. The van der Waals surface area contributed by atoms with Gasteiger partial charge in [0.2, 0.25) is 10.0 Å². The van der Waals surface area contributed by atoms with Crippen LogP contribution in [0.2, 0.25) is 0 Å². The van der Waals surface area contributed by atoms with Crippen molar-refractivity contribution in [2.45, 2.75) is 26.9 Å². The fourth-order valence-corrected chi connectivity index (χ4v) is 7.56. The molecule has 0 radical (unpaired) electrons. The van der Waals surface area contributed by atoms with E-state index in [0.717, 1.165) is 14.6 Å². The van der Waals surface area contributed by atoms with Gasteiger partial charge in [-0.2, -0.15) is 0 Å². The first-order valence-electron chi connectivity index (χ1n) is 9.27. The molecule has 1 aliphatic carbocycles. The number of thioether (sulfide) groups is 1. The molecular formula is C22H18N2O2S3. The average molecular weight is 439 g/mol. The normalized spacial score (nSPS) is 18.8. The van der Waals surface area contributed by atoms with Gasteiger partial charge in [-0.15, -0.1) is 11.3 Å². The lowest BCUT2D eigenvalue weighted by Gasteiger charge is -2.20. The van der Waals surface area contributed by atoms with E-state index < -0.39 is 10.0 Å². The molecule has 1 N–H and O–H groups in total. The van der Waals surface area contributed by atoms with Gasteiger partial charge in [0.05, 0.1) is 20.4 Å². The summed E-state index contributed by atoms with van der Waals surface area (Å²) in [6, 6.07) is 24.6. The molecule has 1 heterocycles. The maximum Gasteiger partial charge on any atom is 0.240 e. The third-order valence-corrected chi connectivity index (χ3v) is 9.03. The zero-order valence-corrected chi connectivity index (χ0v) is 17.8. The molecule has 0 saturated heterocycles. The highest BCUT2D eigenvalue weighted by Gasteiger charge is 2.36. The third kappa shape index (κ3) is 3.71. The highest BCUT2D eigenvalue weighted by Crippen LogP contribution is 2.46. The zero-order valence-electron chi connectivity index (χ0n) is 15.4. The van der Waals surface area contributed by atoms with E-state index in [0.29, 0.717) is 11.3 Å². The monoisotopic (exact) mass is 438 g/mol. The van der Waals surface area contributed by atoms with Gasteiger partial charge in [-0.1, -0.05) is 66.4 Å². The van der Waals surface area contributed by atoms with Crippen LogP contribution in [0, 0.1) is 0 Å². The van der Waals surface area contributed by atoms with Crippen LogP contribution in [0.25, 0.3) is 10.2 Å². The molecule has 5 rings (SSSR count). The van der Waals surface area contributed by atoms with Crippen molar-refractivity contribution < 1.29 is 8.42 Å². The molecule has 0 fully saturated rings. The summed E-state index contributed by atoms with van der Waals surface area (Å²) in [4.78, 5) is 5.03. The molecule has 3 aromatic carbocycles. The van der Waals surface area contributed by atoms with Crippen molar-refractivity contribution in [1.29, 1.82) is 0 Å². The van der Waals surface area contributed by atoms with Gasteiger partial charge in [-0.25, -0.2) is 18.1 Å². The number of hydrogen-bond acceptors (Lipinski definition) is 5. The van der Waals surface area contributed by atoms with E-state index in [1.54, 1.807) is 47.4 Å². The molecule has 7 heteroatoms. The lowest BCUT2D eigenvalue weighted by atomic mass is 10.1. The van der Waals surface area contributed by atoms with Crippen LogP contribution < -0.4 is 4.72 Å². The van der Waals surface area contributed by atoms with Crippen molar-refractivity contribution in [3.05, 3.63) is 90.0 Å². The van der Waals surface area contributed by atoms with Gasteiger partial charge in [-0.05, 0) is 41.8 Å². The number of fused-ring (bicyclic) bond motifs is 2. The summed E-state index contributed by atoms with van der Waals surface area (Å²) in [5.74, 6) is 0. The molecule has 4 aromatic rings. The van der Waals surface area contributed by atoms with Crippen molar-refractivity contribution in [3.8, 4) is 0 Å². The van der Waals surface area contributed by atoms with E-state index in [2.05, 4.69) is 22.9 Å². The Kier molecular flexibility index (Phi) is 4.91. The number of benzene rings is 3. The molecular weight excluding hydrogens is 420 g/mol. The predicted molar refractivity (Wildman–Crippen MR) is 119 cm³/mol. The van der Waals surface area contributed by atoms with Gasteiger partial charge in [0, 0.05) is 6.04 Å². The number of para-hydroxylation sites is 1. The molecule has 0 saturated carbocycles. The van der Waals surface area contributed by atoms with Crippen LogP contribution in [0.3, 0.4) is 0 Å². The quantitative estimate of drug-likeness (QED) is 0.475. The molecule has 146 valence electrons. The lowest BCUT2D eigenvalue weighted by molar-refractivity contribution is 0.553. The van der Waals surface area contributed by atoms with Crippen molar-refractivity contribution in [2.75, 3.05) is 0 Å². The molecule has 0 aliphatic heterocycles. The van der Waals surface area contributed by atoms with Gasteiger partial charge >= 0.3 is 0 Å². The molecule has 2 atom stereocenters. The topological polar surface area (TPSA) is 59.1 Å². The Labute approximate surface area is 178 Å². The van der Waals surface area contributed by atoms with E-state index in [1.807, 2.05) is 36.4 Å². The smallest absolute Gasteiger partial charge is 0.230 e. The first kappa shape index (κ1) is 18.8. The Morgan fingerprint density at radius 3 is 2.48 bits per heavy atom. The Hall–Kier alpha value is -2.19. The van der Waals surface area contributed by atoms with Crippen molar-refractivity contribution >= 4 is 43.3 Å². The molecule has 0 unspecified atom stereocenters. The van der Waals surface area contributed by atoms with Gasteiger partial charge in [-0.3, -0.25) is 0 Å². The minimum Gasteiger partial charge on any atom is -0.230 e. The molecule has 0 spiro atoms. The second kappa shape index (κ2) is 7.57. The van der Waals surface area contributed by atoms with Gasteiger partial charge < -0.3 is 0 Å². The van der Waals surface area contributed by atoms with Gasteiger partial charge in [0.15, 0.2) is 4.34 Å². The fraction of sp³-hybridized carbons (Fsp3) is 0.136. The van der Waals surface area contributed by atoms with Crippen LogP contribution in [0.15, 0.2) is 88.1 Å². The van der Waals surface area contributed by atoms with E-state index >= 15 is 0 Å². The number of rotatable bonds is 5. The zero-order chi connectivity index (χ0) is 19.8. The molecule has 1 aliphatic rings. The SMILES string of the molecule is O=S(=O)(N[C@H]1Cc2ccccc2[C@H]1Sc1nc2ccccc2s1)c1ccccc1. The summed E-state index contributed by atoms with van der Waals surface area (Å²) in [5, 5.41) is -0.0229. The summed E-state index contributed by atoms with van der Waals surface area (Å²) in [6.07, 6.45) is 0.671. The Morgan fingerprint density at radius 1 is 0.931 bits per heavy atom. The standard InChI is InChI=1S/C22H18N2O2S3/c25-29(26,16-9-2-1-3-10-16)24-19-14-15-8-4-5-11-17(15)21(19)28-22-23-18-12-6-7-13-20(18)27-22/h1-13,19,21,24H,14H2/t19-,21+/m0/s1. The minimum atomic E-state index is -3.59. The van der Waals surface area contributed by atoms with Crippen molar-refractivity contribution in [2.24, 2.45) is 0 Å². The summed E-state index contributed by atoms with van der Waals surface area (Å²) < 4.78 is 30.9. The Morgan fingerprint density at radius 2 is 1.66 bits per heavy atom. The van der Waals surface area contributed by atoms with Gasteiger partial charge in [0.1, 0.15) is 0 Å². The number of hydrogen-bond donors (Lipinski definition) is 1. The molecule has 0 bridgehead atoms. The maximum absolute atomic E-state index is 12.9. The first-order chi connectivity index (χ1) is 14.1.